The summed E-state index contributed by atoms with van der Waals surface area (Å²) in [5.74, 6) is 1.12. The van der Waals surface area contributed by atoms with Crippen LogP contribution in [0.25, 0.3) is 11.1 Å². The summed E-state index contributed by atoms with van der Waals surface area (Å²) in [6.45, 7) is 0.688. The molecule has 1 saturated heterocycles. The van der Waals surface area contributed by atoms with Crippen molar-refractivity contribution in [3.63, 3.8) is 0 Å². The minimum atomic E-state index is -0.0753. The molecule has 0 unspecified atom stereocenters. The maximum atomic E-state index is 13.5. The van der Waals surface area contributed by atoms with E-state index in [9.17, 15) is 4.79 Å². The van der Waals surface area contributed by atoms with Crippen molar-refractivity contribution < 1.29 is 14.3 Å². The van der Waals surface area contributed by atoms with Gasteiger partial charge in [-0.2, -0.15) is 5.10 Å². The first-order valence-corrected chi connectivity index (χ1v) is 9.69. The quantitative estimate of drug-likeness (QED) is 0.713. The average molecular weight is 392 g/mol. The Morgan fingerprint density at radius 2 is 1.97 bits per heavy atom. The van der Waals surface area contributed by atoms with Gasteiger partial charge in [0.15, 0.2) is 0 Å². The molecule has 3 aromatic rings. The zero-order valence-electron chi connectivity index (χ0n) is 16.6. The van der Waals surface area contributed by atoms with Crippen LogP contribution >= 0.6 is 0 Å². The zero-order chi connectivity index (χ0) is 20.2. The van der Waals surface area contributed by atoms with Gasteiger partial charge in [-0.1, -0.05) is 0 Å². The van der Waals surface area contributed by atoms with Crippen LogP contribution in [0.3, 0.4) is 0 Å². The van der Waals surface area contributed by atoms with E-state index in [4.69, 9.17) is 9.47 Å². The van der Waals surface area contributed by atoms with Gasteiger partial charge < -0.3 is 14.4 Å². The first-order chi connectivity index (χ1) is 14.2. The minimum Gasteiger partial charge on any atom is -0.497 e. The topological polar surface area (TPSA) is 80.3 Å². The third kappa shape index (κ3) is 3.68. The number of carbonyl (C=O) groups excluding carboxylic acids is 1. The molecule has 0 saturated carbocycles. The highest BCUT2D eigenvalue weighted by atomic mass is 16.5. The third-order valence-electron chi connectivity index (χ3n) is 5.40. The first kappa shape index (κ1) is 19.0. The second-order valence-electron chi connectivity index (χ2n) is 7.01. The Bertz CT molecular complexity index is 987. The van der Waals surface area contributed by atoms with Crippen molar-refractivity contribution in [3.8, 4) is 22.6 Å². The number of hydrogen-bond donors (Lipinski definition) is 1. The number of amides is 1. The van der Waals surface area contributed by atoms with E-state index in [-0.39, 0.29) is 11.9 Å². The number of nitrogens with zero attached hydrogens (tertiary/aromatic N) is 3. The van der Waals surface area contributed by atoms with Crippen molar-refractivity contribution in [1.29, 1.82) is 0 Å². The lowest BCUT2D eigenvalue weighted by Crippen LogP contribution is -2.39. The Kier molecular flexibility index (Phi) is 5.46. The lowest BCUT2D eigenvalue weighted by molar-refractivity contribution is 0.0603. The Morgan fingerprint density at radius 3 is 2.72 bits per heavy atom. The predicted molar refractivity (Wildman–Crippen MR) is 109 cm³/mol. The molecule has 150 valence electrons. The molecule has 1 aromatic carbocycles. The van der Waals surface area contributed by atoms with Crippen LogP contribution < -0.4 is 9.47 Å². The molecule has 2 aromatic heterocycles. The number of piperidine rings is 1. The molecule has 1 amide bonds. The Hall–Kier alpha value is -3.35. The molecule has 29 heavy (non-hydrogen) atoms. The number of aromatic nitrogens is 3. The van der Waals surface area contributed by atoms with Crippen LogP contribution in [0.15, 0.2) is 48.9 Å². The highest BCUT2D eigenvalue weighted by Crippen LogP contribution is 2.37. The smallest absolute Gasteiger partial charge is 0.258 e. The fourth-order valence-corrected chi connectivity index (χ4v) is 3.92. The number of ether oxygens (including phenoxy) is 2. The van der Waals surface area contributed by atoms with Gasteiger partial charge in [0.25, 0.3) is 5.91 Å². The standard InChI is InChI=1S/C22H24N4O3/c1-28-16-6-7-17(20(13-16)29-2)22(27)26-12-4-3-5-19(26)21-18(14-24-25-21)15-8-10-23-11-9-15/h6-11,13-14,19H,3-5,12H2,1-2H3,(H,24,25)/t19-/m1/s1. The predicted octanol–water partition coefficient (Wildman–Crippen LogP) is 3.86. The highest BCUT2D eigenvalue weighted by molar-refractivity contribution is 5.97. The van der Waals surface area contributed by atoms with Gasteiger partial charge in [-0.3, -0.25) is 14.9 Å². The summed E-state index contributed by atoms with van der Waals surface area (Å²) in [5, 5.41) is 7.41. The zero-order valence-corrected chi connectivity index (χ0v) is 16.6. The Morgan fingerprint density at radius 1 is 1.14 bits per heavy atom. The van der Waals surface area contributed by atoms with E-state index in [1.807, 2.05) is 23.2 Å². The van der Waals surface area contributed by atoms with Gasteiger partial charge >= 0.3 is 0 Å². The van der Waals surface area contributed by atoms with Crippen LogP contribution in [0.2, 0.25) is 0 Å². The van der Waals surface area contributed by atoms with Crippen LogP contribution in [0.5, 0.6) is 11.5 Å². The average Bonchev–Trinajstić information content (AvgIpc) is 3.28. The van der Waals surface area contributed by atoms with E-state index < -0.39 is 0 Å². The molecule has 1 fully saturated rings. The fraction of sp³-hybridized carbons (Fsp3) is 0.318. The van der Waals surface area contributed by atoms with Gasteiger partial charge in [0.05, 0.1) is 37.7 Å². The lowest BCUT2D eigenvalue weighted by Gasteiger charge is -2.36. The minimum absolute atomic E-state index is 0.0514. The number of likely N-dealkylation sites (tertiary alicyclic amines) is 1. The molecular weight excluding hydrogens is 368 g/mol. The molecular formula is C22H24N4O3. The largest absolute Gasteiger partial charge is 0.497 e. The molecule has 7 heteroatoms. The summed E-state index contributed by atoms with van der Waals surface area (Å²) in [5.41, 5.74) is 3.52. The van der Waals surface area contributed by atoms with Crippen LogP contribution in [-0.4, -0.2) is 46.8 Å². The normalized spacial score (nSPS) is 16.5. The van der Waals surface area contributed by atoms with Crippen LogP contribution in [0.4, 0.5) is 0 Å². The van der Waals surface area contributed by atoms with Gasteiger partial charge in [-0.15, -0.1) is 0 Å². The number of carbonyl (C=O) groups is 1. The van der Waals surface area contributed by atoms with E-state index in [1.54, 1.807) is 44.8 Å². The van der Waals surface area contributed by atoms with Crippen LogP contribution in [-0.2, 0) is 0 Å². The number of aromatic amines is 1. The maximum Gasteiger partial charge on any atom is 0.258 e. The number of benzene rings is 1. The van der Waals surface area contributed by atoms with Crippen molar-refractivity contribution in [2.24, 2.45) is 0 Å². The molecule has 0 spiro atoms. The van der Waals surface area contributed by atoms with E-state index in [2.05, 4.69) is 15.2 Å². The SMILES string of the molecule is COc1ccc(C(=O)N2CCCC[C@@H]2c2[nH]ncc2-c2ccncc2)c(OC)c1. The van der Waals surface area contributed by atoms with Gasteiger partial charge in [-0.05, 0) is 49.1 Å². The van der Waals surface area contributed by atoms with Gasteiger partial charge in [0.1, 0.15) is 11.5 Å². The van der Waals surface area contributed by atoms with Gasteiger partial charge in [0.2, 0.25) is 0 Å². The fourth-order valence-electron chi connectivity index (χ4n) is 3.92. The Balaban J connectivity index is 1.69. The van der Waals surface area contributed by atoms with Crippen molar-refractivity contribution in [1.82, 2.24) is 20.1 Å². The van der Waals surface area contributed by atoms with E-state index >= 15 is 0 Å². The molecule has 0 aliphatic carbocycles. The summed E-state index contributed by atoms with van der Waals surface area (Å²) in [6, 6.07) is 9.13. The summed E-state index contributed by atoms with van der Waals surface area (Å²) >= 11 is 0. The number of pyridine rings is 1. The second-order valence-corrected chi connectivity index (χ2v) is 7.01. The van der Waals surface area contributed by atoms with Crippen LogP contribution in [0.1, 0.15) is 41.4 Å². The number of rotatable bonds is 5. The van der Waals surface area contributed by atoms with Crippen molar-refractivity contribution in [3.05, 3.63) is 60.2 Å². The molecule has 0 bridgehead atoms. The van der Waals surface area contributed by atoms with Crippen molar-refractivity contribution in [2.75, 3.05) is 20.8 Å². The van der Waals surface area contributed by atoms with Crippen molar-refractivity contribution >= 4 is 5.91 Å². The summed E-state index contributed by atoms with van der Waals surface area (Å²) < 4.78 is 10.7. The first-order valence-electron chi connectivity index (χ1n) is 9.69. The number of nitrogens with one attached hydrogen (secondary N) is 1. The maximum absolute atomic E-state index is 13.5. The number of hydrogen-bond acceptors (Lipinski definition) is 5. The lowest BCUT2D eigenvalue weighted by atomic mass is 9.94. The highest BCUT2D eigenvalue weighted by Gasteiger charge is 2.32. The van der Waals surface area contributed by atoms with Crippen molar-refractivity contribution in [2.45, 2.75) is 25.3 Å². The van der Waals surface area contributed by atoms with Crippen LogP contribution in [0, 0.1) is 0 Å². The second kappa shape index (κ2) is 8.34. The number of methoxy groups -OCH3 is 2. The van der Waals surface area contributed by atoms with Gasteiger partial charge in [-0.25, -0.2) is 0 Å². The van der Waals surface area contributed by atoms with Gasteiger partial charge in [0, 0.05) is 30.6 Å². The monoisotopic (exact) mass is 392 g/mol. The summed E-state index contributed by atoms with van der Waals surface area (Å²) in [6.07, 6.45) is 8.25. The Labute approximate surface area is 169 Å². The molecule has 7 nitrogen and oxygen atoms in total. The summed E-state index contributed by atoms with van der Waals surface area (Å²) in [7, 11) is 3.16. The molecule has 0 radical (unpaired) electrons. The van der Waals surface area contributed by atoms with E-state index in [0.29, 0.717) is 23.6 Å². The molecule has 3 heterocycles. The van der Waals surface area contributed by atoms with E-state index in [1.165, 1.54) is 0 Å². The summed E-state index contributed by atoms with van der Waals surface area (Å²) in [4.78, 5) is 19.5. The third-order valence-corrected chi connectivity index (χ3v) is 5.40. The number of H-pyrrole nitrogens is 1. The molecule has 4 rings (SSSR count). The molecule has 1 atom stereocenters. The van der Waals surface area contributed by atoms with E-state index in [0.717, 1.165) is 36.1 Å². The molecule has 1 aliphatic rings. The molecule has 1 aliphatic heterocycles. The molecule has 1 N–H and O–H groups in total.